The molecule has 0 saturated heterocycles. The summed E-state index contributed by atoms with van der Waals surface area (Å²) in [6.07, 6.45) is 0. The molecule has 8 heteroatoms. The summed E-state index contributed by atoms with van der Waals surface area (Å²) in [5, 5.41) is 7.20. The van der Waals surface area contributed by atoms with Crippen molar-refractivity contribution in [3.8, 4) is 11.5 Å². The number of ether oxygens (including phenoxy) is 2. The molecular formula is C24H21ClN4O3. The number of carbonyl (C=O) groups is 1. The highest BCUT2D eigenvalue weighted by Gasteiger charge is 2.18. The number of amides is 1. The second-order valence-electron chi connectivity index (χ2n) is 7.05. The van der Waals surface area contributed by atoms with Crippen LogP contribution in [-0.2, 0) is 0 Å². The highest BCUT2D eigenvalue weighted by atomic mass is 35.5. The fourth-order valence-corrected chi connectivity index (χ4v) is 3.42. The van der Waals surface area contributed by atoms with Crippen LogP contribution in [0.4, 0.5) is 17.2 Å². The molecule has 32 heavy (non-hydrogen) atoms. The van der Waals surface area contributed by atoms with Crippen LogP contribution in [0.15, 0.2) is 60.7 Å². The zero-order valence-corrected chi connectivity index (χ0v) is 18.5. The summed E-state index contributed by atoms with van der Waals surface area (Å²) in [5.74, 6) is 0.880. The smallest absolute Gasteiger partial charge is 0.293 e. The Kier molecular flexibility index (Phi) is 6.09. The van der Waals surface area contributed by atoms with Gasteiger partial charge in [-0.2, -0.15) is 0 Å². The number of benzene rings is 3. The van der Waals surface area contributed by atoms with Gasteiger partial charge < -0.3 is 20.1 Å². The summed E-state index contributed by atoms with van der Waals surface area (Å²) in [6, 6.07) is 18.6. The Balaban J connectivity index is 1.71. The maximum absolute atomic E-state index is 13.0. The van der Waals surface area contributed by atoms with Crippen molar-refractivity contribution in [2.24, 2.45) is 0 Å². The van der Waals surface area contributed by atoms with Crippen molar-refractivity contribution in [2.45, 2.75) is 6.92 Å². The zero-order chi connectivity index (χ0) is 22.7. The molecule has 1 aromatic heterocycles. The minimum absolute atomic E-state index is 0.00676. The number of hydrogen-bond acceptors (Lipinski definition) is 6. The molecule has 0 saturated carbocycles. The number of aryl methyl sites for hydroxylation is 1. The van der Waals surface area contributed by atoms with Crippen molar-refractivity contribution in [3.63, 3.8) is 0 Å². The molecule has 0 spiro atoms. The summed E-state index contributed by atoms with van der Waals surface area (Å²) >= 11 is 6.22. The standard InChI is InChI=1S/C24H21ClN4O3/c1-14-8-10-15(11-9-14)26-22-16-6-4-5-7-18(16)27-23(29-22)24(30)28-19-12-17(25)20(31-2)13-21(19)32-3/h4-13H,1-3H3,(H,28,30)(H,26,27,29). The Morgan fingerprint density at radius 1 is 0.938 bits per heavy atom. The number of aromatic nitrogens is 2. The maximum Gasteiger partial charge on any atom is 0.293 e. The Bertz CT molecular complexity index is 1290. The van der Waals surface area contributed by atoms with E-state index in [4.69, 9.17) is 21.1 Å². The molecule has 0 atom stereocenters. The first-order valence-electron chi connectivity index (χ1n) is 9.82. The van der Waals surface area contributed by atoms with Crippen molar-refractivity contribution < 1.29 is 14.3 Å². The van der Waals surface area contributed by atoms with Crippen LogP contribution in [0.3, 0.4) is 0 Å². The number of nitrogens with zero attached hydrogens (tertiary/aromatic N) is 2. The predicted octanol–water partition coefficient (Wildman–Crippen LogP) is 5.60. The molecule has 0 radical (unpaired) electrons. The fraction of sp³-hybridized carbons (Fsp3) is 0.125. The van der Waals surface area contributed by atoms with E-state index >= 15 is 0 Å². The van der Waals surface area contributed by atoms with Gasteiger partial charge in [0.05, 0.1) is 30.4 Å². The first-order valence-corrected chi connectivity index (χ1v) is 10.2. The summed E-state index contributed by atoms with van der Waals surface area (Å²) in [4.78, 5) is 22.0. The Labute approximate surface area is 190 Å². The van der Waals surface area contributed by atoms with Gasteiger partial charge >= 0.3 is 0 Å². The second kappa shape index (κ2) is 9.11. The van der Waals surface area contributed by atoms with E-state index in [1.807, 2.05) is 55.5 Å². The van der Waals surface area contributed by atoms with E-state index in [1.165, 1.54) is 14.2 Å². The molecule has 0 fully saturated rings. The summed E-state index contributed by atoms with van der Waals surface area (Å²) in [5.41, 5.74) is 3.03. The third kappa shape index (κ3) is 4.43. The van der Waals surface area contributed by atoms with Crippen LogP contribution in [0.25, 0.3) is 10.9 Å². The molecule has 0 bridgehead atoms. The summed E-state index contributed by atoms with van der Waals surface area (Å²) in [6.45, 7) is 2.02. The van der Waals surface area contributed by atoms with Gasteiger partial charge in [0, 0.05) is 17.1 Å². The van der Waals surface area contributed by atoms with E-state index in [1.54, 1.807) is 12.1 Å². The van der Waals surface area contributed by atoms with Crippen molar-refractivity contribution in [1.29, 1.82) is 0 Å². The van der Waals surface area contributed by atoms with Crippen LogP contribution in [0.2, 0.25) is 5.02 Å². The number of anilines is 3. The van der Waals surface area contributed by atoms with Gasteiger partial charge in [-0.15, -0.1) is 0 Å². The lowest BCUT2D eigenvalue weighted by atomic mass is 10.2. The molecule has 1 heterocycles. The third-order valence-electron chi connectivity index (χ3n) is 4.84. The summed E-state index contributed by atoms with van der Waals surface area (Å²) < 4.78 is 10.6. The van der Waals surface area contributed by atoms with Gasteiger partial charge in [0.15, 0.2) is 0 Å². The lowest BCUT2D eigenvalue weighted by Crippen LogP contribution is -2.17. The second-order valence-corrected chi connectivity index (χ2v) is 7.45. The van der Waals surface area contributed by atoms with Crippen LogP contribution in [0.5, 0.6) is 11.5 Å². The van der Waals surface area contributed by atoms with E-state index < -0.39 is 5.91 Å². The van der Waals surface area contributed by atoms with E-state index in [9.17, 15) is 4.79 Å². The monoisotopic (exact) mass is 448 g/mol. The predicted molar refractivity (Wildman–Crippen MR) is 127 cm³/mol. The molecule has 0 aliphatic carbocycles. The molecule has 7 nitrogen and oxygen atoms in total. The molecule has 3 aromatic carbocycles. The molecule has 0 aliphatic rings. The molecule has 1 amide bonds. The van der Waals surface area contributed by atoms with Gasteiger partial charge in [0.2, 0.25) is 5.82 Å². The van der Waals surface area contributed by atoms with Gasteiger partial charge in [-0.1, -0.05) is 41.4 Å². The highest BCUT2D eigenvalue weighted by molar-refractivity contribution is 6.32. The lowest BCUT2D eigenvalue weighted by Gasteiger charge is -2.14. The lowest BCUT2D eigenvalue weighted by molar-refractivity contribution is 0.101. The van der Waals surface area contributed by atoms with Gasteiger partial charge in [0.25, 0.3) is 5.91 Å². The first-order chi connectivity index (χ1) is 15.5. The Morgan fingerprint density at radius 3 is 2.38 bits per heavy atom. The summed E-state index contributed by atoms with van der Waals surface area (Å²) in [7, 11) is 3.00. The number of rotatable bonds is 6. The Morgan fingerprint density at radius 2 is 1.66 bits per heavy atom. The average molecular weight is 449 g/mol. The topological polar surface area (TPSA) is 85.4 Å². The van der Waals surface area contributed by atoms with Gasteiger partial charge in [0.1, 0.15) is 17.3 Å². The quantitative estimate of drug-likeness (QED) is 0.399. The number of carbonyl (C=O) groups excluding carboxylic acids is 1. The van der Waals surface area contributed by atoms with Gasteiger partial charge in [-0.3, -0.25) is 4.79 Å². The van der Waals surface area contributed by atoms with Gasteiger partial charge in [-0.05, 0) is 37.3 Å². The zero-order valence-electron chi connectivity index (χ0n) is 17.8. The molecule has 0 aliphatic heterocycles. The van der Waals surface area contributed by atoms with Crippen molar-refractivity contribution in [3.05, 3.63) is 77.1 Å². The maximum atomic E-state index is 13.0. The number of halogens is 1. The highest BCUT2D eigenvalue weighted by Crippen LogP contribution is 2.36. The third-order valence-corrected chi connectivity index (χ3v) is 5.14. The van der Waals surface area contributed by atoms with Crippen molar-refractivity contribution in [2.75, 3.05) is 24.9 Å². The average Bonchev–Trinajstić information content (AvgIpc) is 2.80. The van der Waals surface area contributed by atoms with Crippen LogP contribution >= 0.6 is 11.6 Å². The molecular weight excluding hydrogens is 428 g/mol. The molecule has 0 unspecified atom stereocenters. The van der Waals surface area contributed by atoms with Gasteiger partial charge in [-0.25, -0.2) is 9.97 Å². The van der Waals surface area contributed by atoms with Crippen molar-refractivity contribution in [1.82, 2.24) is 9.97 Å². The van der Waals surface area contributed by atoms with Crippen LogP contribution in [0, 0.1) is 6.92 Å². The minimum atomic E-state index is -0.498. The number of nitrogens with one attached hydrogen (secondary N) is 2. The molecule has 4 aromatic rings. The van der Waals surface area contributed by atoms with Crippen LogP contribution < -0.4 is 20.1 Å². The SMILES string of the molecule is COc1cc(OC)c(NC(=O)c2nc(Nc3ccc(C)cc3)c3ccccc3n2)cc1Cl. The molecule has 162 valence electrons. The first kappa shape index (κ1) is 21.4. The van der Waals surface area contributed by atoms with E-state index in [0.717, 1.165) is 16.6 Å². The van der Waals surface area contributed by atoms with E-state index in [2.05, 4.69) is 20.6 Å². The number of hydrogen-bond donors (Lipinski definition) is 2. The number of fused-ring (bicyclic) bond motifs is 1. The van der Waals surface area contributed by atoms with E-state index in [0.29, 0.717) is 33.5 Å². The number of para-hydroxylation sites is 1. The molecule has 2 N–H and O–H groups in total. The van der Waals surface area contributed by atoms with Crippen LogP contribution in [0.1, 0.15) is 16.2 Å². The Hall–Kier alpha value is -3.84. The van der Waals surface area contributed by atoms with E-state index in [-0.39, 0.29) is 5.82 Å². The molecule has 4 rings (SSSR count). The fourth-order valence-electron chi connectivity index (χ4n) is 3.18. The normalized spacial score (nSPS) is 10.6. The minimum Gasteiger partial charge on any atom is -0.495 e. The largest absolute Gasteiger partial charge is 0.495 e. The number of methoxy groups -OCH3 is 2. The van der Waals surface area contributed by atoms with Crippen LogP contribution in [-0.4, -0.2) is 30.1 Å². The van der Waals surface area contributed by atoms with Crippen molar-refractivity contribution >= 4 is 45.6 Å².